The molecule has 1 atom stereocenters. The Bertz CT molecular complexity index is 770. The molecule has 0 spiro atoms. The minimum atomic E-state index is -0.490. The first-order chi connectivity index (χ1) is 13.0. The Labute approximate surface area is 166 Å². The molecule has 2 aromatic heterocycles. The molecular formula is C17H23N5O3S2. The van der Waals surface area contributed by atoms with Crippen LogP contribution in [0.15, 0.2) is 22.7 Å². The Balaban J connectivity index is 1.67. The number of thiophene rings is 1. The molecule has 0 aliphatic carbocycles. The van der Waals surface area contributed by atoms with Crippen molar-refractivity contribution in [1.29, 1.82) is 0 Å². The van der Waals surface area contributed by atoms with Gasteiger partial charge in [0.15, 0.2) is 11.0 Å². The topological polar surface area (TPSA) is 98.1 Å². The third kappa shape index (κ3) is 5.53. The Hall–Kier alpha value is -1.91. The van der Waals surface area contributed by atoms with Crippen LogP contribution >= 0.6 is 23.1 Å². The minimum absolute atomic E-state index is 0.0340. The molecule has 3 amide bonds. The number of ether oxygens (including phenoxy) is 1. The summed E-state index contributed by atoms with van der Waals surface area (Å²) in [5.41, 5.74) is 0. The van der Waals surface area contributed by atoms with E-state index in [-0.39, 0.29) is 23.8 Å². The predicted octanol–water partition coefficient (Wildman–Crippen LogP) is 2.51. The van der Waals surface area contributed by atoms with E-state index >= 15 is 0 Å². The van der Waals surface area contributed by atoms with Gasteiger partial charge in [0.2, 0.25) is 5.91 Å². The molecule has 10 heteroatoms. The molecular weight excluding hydrogens is 386 g/mol. The lowest BCUT2D eigenvalue weighted by Gasteiger charge is -2.14. The molecule has 2 aromatic rings. The Morgan fingerprint density at radius 3 is 2.96 bits per heavy atom. The van der Waals surface area contributed by atoms with Crippen molar-refractivity contribution in [2.45, 2.75) is 50.5 Å². The smallest absolute Gasteiger partial charge is 0.321 e. The number of urea groups is 1. The summed E-state index contributed by atoms with van der Waals surface area (Å²) in [5, 5.41) is 16.2. The third-order valence-corrected chi connectivity index (χ3v) is 5.71. The molecule has 3 heterocycles. The number of carbonyl (C=O) groups is 2. The van der Waals surface area contributed by atoms with Crippen LogP contribution in [0, 0.1) is 0 Å². The summed E-state index contributed by atoms with van der Waals surface area (Å²) in [4.78, 5) is 24.7. The maximum absolute atomic E-state index is 12.0. The van der Waals surface area contributed by atoms with E-state index in [9.17, 15) is 9.59 Å². The van der Waals surface area contributed by atoms with Crippen molar-refractivity contribution >= 4 is 35.0 Å². The van der Waals surface area contributed by atoms with Crippen LogP contribution in [0.3, 0.4) is 0 Å². The van der Waals surface area contributed by atoms with Gasteiger partial charge in [0.05, 0.1) is 23.3 Å². The quantitative estimate of drug-likeness (QED) is 0.682. The van der Waals surface area contributed by atoms with Crippen molar-refractivity contribution < 1.29 is 14.3 Å². The van der Waals surface area contributed by atoms with Gasteiger partial charge in [-0.15, -0.1) is 21.5 Å². The second kappa shape index (κ2) is 9.34. The van der Waals surface area contributed by atoms with E-state index in [4.69, 9.17) is 4.74 Å². The van der Waals surface area contributed by atoms with Crippen LogP contribution in [0.1, 0.15) is 26.7 Å². The molecule has 0 radical (unpaired) electrons. The number of thioether (sulfide) groups is 1. The number of imide groups is 1. The fourth-order valence-corrected chi connectivity index (χ4v) is 4.20. The van der Waals surface area contributed by atoms with Gasteiger partial charge in [-0.25, -0.2) is 4.79 Å². The number of hydrogen-bond acceptors (Lipinski definition) is 7. The van der Waals surface area contributed by atoms with Crippen LogP contribution in [-0.2, 0) is 16.1 Å². The van der Waals surface area contributed by atoms with E-state index in [1.54, 1.807) is 11.3 Å². The van der Waals surface area contributed by atoms with E-state index in [0.717, 1.165) is 30.2 Å². The van der Waals surface area contributed by atoms with Gasteiger partial charge in [-0.05, 0) is 38.1 Å². The summed E-state index contributed by atoms with van der Waals surface area (Å²) in [6.45, 7) is 5.09. The van der Waals surface area contributed by atoms with Crippen molar-refractivity contribution in [2.75, 3.05) is 12.4 Å². The van der Waals surface area contributed by atoms with E-state index in [2.05, 4.69) is 20.8 Å². The first kappa shape index (κ1) is 19.8. The lowest BCUT2D eigenvalue weighted by molar-refractivity contribution is -0.117. The van der Waals surface area contributed by atoms with Crippen molar-refractivity contribution in [3.05, 3.63) is 17.5 Å². The molecule has 27 heavy (non-hydrogen) atoms. The van der Waals surface area contributed by atoms with Gasteiger partial charge in [0, 0.05) is 12.6 Å². The molecule has 1 unspecified atom stereocenters. The number of aromatic nitrogens is 3. The van der Waals surface area contributed by atoms with Crippen LogP contribution in [0.25, 0.3) is 10.7 Å². The molecule has 1 saturated heterocycles. The third-order valence-electron chi connectivity index (χ3n) is 3.87. The average Bonchev–Trinajstić information content (AvgIpc) is 3.35. The maximum Gasteiger partial charge on any atom is 0.321 e. The monoisotopic (exact) mass is 409 g/mol. The number of carbonyl (C=O) groups excluding carboxylic acids is 2. The second-order valence-electron chi connectivity index (χ2n) is 6.49. The van der Waals surface area contributed by atoms with Crippen molar-refractivity contribution in [3.8, 4) is 10.7 Å². The molecule has 1 aliphatic heterocycles. The fourth-order valence-electron chi connectivity index (χ4n) is 2.73. The Morgan fingerprint density at radius 1 is 1.44 bits per heavy atom. The molecule has 3 rings (SSSR count). The van der Waals surface area contributed by atoms with Crippen LogP contribution in [0.2, 0.25) is 0 Å². The maximum atomic E-state index is 12.0. The summed E-state index contributed by atoms with van der Waals surface area (Å²) < 4.78 is 7.76. The molecule has 0 saturated carbocycles. The highest BCUT2D eigenvalue weighted by atomic mass is 32.2. The average molecular weight is 410 g/mol. The molecule has 0 aromatic carbocycles. The van der Waals surface area contributed by atoms with Gasteiger partial charge in [0.25, 0.3) is 0 Å². The summed E-state index contributed by atoms with van der Waals surface area (Å²) in [6.07, 6.45) is 2.18. The van der Waals surface area contributed by atoms with Crippen LogP contribution in [0.4, 0.5) is 4.79 Å². The normalized spacial score (nSPS) is 16.6. The molecule has 2 N–H and O–H groups in total. The highest BCUT2D eigenvalue weighted by molar-refractivity contribution is 7.99. The Kier molecular flexibility index (Phi) is 6.86. The van der Waals surface area contributed by atoms with E-state index < -0.39 is 6.03 Å². The van der Waals surface area contributed by atoms with Gasteiger partial charge in [-0.3, -0.25) is 14.7 Å². The van der Waals surface area contributed by atoms with E-state index in [0.29, 0.717) is 11.7 Å². The first-order valence-corrected chi connectivity index (χ1v) is 10.7. The minimum Gasteiger partial charge on any atom is -0.376 e. The van der Waals surface area contributed by atoms with Gasteiger partial charge >= 0.3 is 6.03 Å². The number of hydrogen-bond donors (Lipinski definition) is 2. The zero-order valence-electron chi connectivity index (χ0n) is 15.3. The van der Waals surface area contributed by atoms with E-state index in [1.807, 2.05) is 35.9 Å². The fraction of sp³-hybridized carbons (Fsp3) is 0.529. The molecule has 8 nitrogen and oxygen atoms in total. The number of nitrogens with one attached hydrogen (secondary N) is 2. The number of amides is 3. The van der Waals surface area contributed by atoms with Crippen molar-refractivity contribution in [2.24, 2.45) is 0 Å². The van der Waals surface area contributed by atoms with Crippen molar-refractivity contribution in [3.63, 3.8) is 0 Å². The van der Waals surface area contributed by atoms with Crippen LogP contribution in [-0.4, -0.2) is 51.2 Å². The zero-order chi connectivity index (χ0) is 19.2. The van der Waals surface area contributed by atoms with Gasteiger partial charge in [-0.1, -0.05) is 17.8 Å². The lowest BCUT2D eigenvalue weighted by Crippen LogP contribution is -2.43. The summed E-state index contributed by atoms with van der Waals surface area (Å²) in [7, 11) is 0. The molecule has 0 bridgehead atoms. The molecule has 146 valence electrons. The standard InChI is InChI=1S/C17H23N5O3S2/c1-11(2)18-16(24)19-14(23)10-27-17-21-20-15(13-6-4-8-26-13)22(17)9-12-5-3-7-25-12/h4,6,8,11-12H,3,5,7,9-10H2,1-2H3,(H2,18,19,23,24). The SMILES string of the molecule is CC(C)NC(=O)NC(=O)CSc1nnc(-c2cccs2)n1CC1CCCO1. The summed E-state index contributed by atoms with van der Waals surface area (Å²) in [6, 6.07) is 3.44. The van der Waals surface area contributed by atoms with Gasteiger partial charge in [-0.2, -0.15) is 0 Å². The van der Waals surface area contributed by atoms with Gasteiger partial charge < -0.3 is 10.1 Å². The van der Waals surface area contributed by atoms with Crippen LogP contribution < -0.4 is 10.6 Å². The zero-order valence-corrected chi connectivity index (χ0v) is 16.9. The first-order valence-electron chi connectivity index (χ1n) is 8.84. The largest absolute Gasteiger partial charge is 0.376 e. The number of nitrogens with zero attached hydrogens (tertiary/aromatic N) is 3. The predicted molar refractivity (Wildman–Crippen MR) is 105 cm³/mol. The van der Waals surface area contributed by atoms with E-state index in [1.165, 1.54) is 11.8 Å². The van der Waals surface area contributed by atoms with Crippen molar-refractivity contribution in [1.82, 2.24) is 25.4 Å². The Morgan fingerprint density at radius 2 is 2.30 bits per heavy atom. The highest BCUT2D eigenvalue weighted by Gasteiger charge is 2.22. The number of rotatable bonds is 7. The van der Waals surface area contributed by atoms with Gasteiger partial charge in [0.1, 0.15) is 0 Å². The summed E-state index contributed by atoms with van der Waals surface area (Å²) >= 11 is 2.86. The summed E-state index contributed by atoms with van der Waals surface area (Å²) in [5.74, 6) is 0.489. The van der Waals surface area contributed by atoms with Crippen LogP contribution in [0.5, 0.6) is 0 Å². The highest BCUT2D eigenvalue weighted by Crippen LogP contribution is 2.28. The molecule has 1 fully saturated rings. The second-order valence-corrected chi connectivity index (χ2v) is 8.38. The molecule has 1 aliphatic rings. The lowest BCUT2D eigenvalue weighted by atomic mass is 10.2.